The minimum Gasteiger partial charge on any atom is -0.469 e. The van der Waals surface area contributed by atoms with Crippen molar-refractivity contribution >= 4 is 5.96 Å². The Labute approximate surface area is 154 Å². The van der Waals surface area contributed by atoms with E-state index >= 15 is 0 Å². The third-order valence-corrected chi connectivity index (χ3v) is 4.20. The van der Waals surface area contributed by atoms with Crippen LogP contribution in [0.5, 0.6) is 0 Å². The summed E-state index contributed by atoms with van der Waals surface area (Å²) in [5.41, 5.74) is 2.47. The molecule has 0 fully saturated rings. The van der Waals surface area contributed by atoms with Gasteiger partial charge < -0.3 is 19.6 Å². The summed E-state index contributed by atoms with van der Waals surface area (Å²) in [6.07, 6.45) is 6.36. The Morgan fingerprint density at radius 2 is 2.08 bits per heavy atom. The highest BCUT2D eigenvalue weighted by atomic mass is 16.3. The molecular weight excluding hydrogens is 326 g/mol. The van der Waals surface area contributed by atoms with Crippen molar-refractivity contribution in [3.05, 3.63) is 77.8 Å². The molecule has 0 aliphatic rings. The highest BCUT2D eigenvalue weighted by Gasteiger charge is 2.03. The Morgan fingerprint density at radius 3 is 2.81 bits per heavy atom. The molecule has 2 N–H and O–H groups in total. The van der Waals surface area contributed by atoms with E-state index in [2.05, 4.69) is 49.4 Å². The number of hydrogen-bond acceptors (Lipinski definition) is 3. The molecule has 0 atom stereocenters. The van der Waals surface area contributed by atoms with E-state index in [-0.39, 0.29) is 0 Å². The molecule has 6 heteroatoms. The van der Waals surface area contributed by atoms with Crippen LogP contribution in [0.4, 0.5) is 0 Å². The molecule has 26 heavy (non-hydrogen) atoms. The van der Waals surface area contributed by atoms with Gasteiger partial charge in [-0.15, -0.1) is 0 Å². The highest BCUT2D eigenvalue weighted by Crippen LogP contribution is 2.08. The van der Waals surface area contributed by atoms with Crippen LogP contribution in [-0.2, 0) is 19.5 Å². The number of furan rings is 1. The lowest BCUT2D eigenvalue weighted by Crippen LogP contribution is -2.37. The molecule has 0 saturated heterocycles. The summed E-state index contributed by atoms with van der Waals surface area (Å²) >= 11 is 0. The number of nitrogens with one attached hydrogen (secondary N) is 2. The van der Waals surface area contributed by atoms with Crippen LogP contribution in [0.2, 0.25) is 0 Å². The van der Waals surface area contributed by atoms with Gasteiger partial charge in [0.25, 0.3) is 0 Å². The zero-order chi connectivity index (χ0) is 18.2. The maximum atomic E-state index is 5.34. The van der Waals surface area contributed by atoms with E-state index in [1.807, 2.05) is 31.5 Å². The van der Waals surface area contributed by atoms with E-state index in [4.69, 9.17) is 4.42 Å². The summed E-state index contributed by atoms with van der Waals surface area (Å²) in [6.45, 7) is 4.34. The van der Waals surface area contributed by atoms with Gasteiger partial charge in [-0.1, -0.05) is 24.3 Å². The molecule has 136 valence electrons. The van der Waals surface area contributed by atoms with Gasteiger partial charge in [0.15, 0.2) is 5.96 Å². The van der Waals surface area contributed by atoms with E-state index < -0.39 is 0 Å². The van der Waals surface area contributed by atoms with Crippen molar-refractivity contribution in [1.82, 2.24) is 20.2 Å². The third kappa shape index (κ3) is 4.99. The highest BCUT2D eigenvalue weighted by molar-refractivity contribution is 5.79. The fraction of sp³-hybridized carbons (Fsp3) is 0.300. The zero-order valence-electron chi connectivity index (χ0n) is 15.3. The number of benzene rings is 1. The van der Waals surface area contributed by atoms with Crippen LogP contribution >= 0.6 is 0 Å². The largest absolute Gasteiger partial charge is 0.469 e. The molecule has 2 aromatic heterocycles. The summed E-state index contributed by atoms with van der Waals surface area (Å²) in [5, 5.41) is 6.66. The molecule has 2 heterocycles. The first-order chi connectivity index (χ1) is 12.7. The molecule has 0 aliphatic carbocycles. The van der Waals surface area contributed by atoms with Gasteiger partial charge in [-0.25, -0.2) is 4.98 Å². The monoisotopic (exact) mass is 351 g/mol. The van der Waals surface area contributed by atoms with E-state index in [1.165, 1.54) is 11.1 Å². The lowest BCUT2D eigenvalue weighted by Gasteiger charge is -2.12. The van der Waals surface area contributed by atoms with Gasteiger partial charge in [0.2, 0.25) is 0 Å². The topological polar surface area (TPSA) is 67.4 Å². The maximum absolute atomic E-state index is 5.34. The van der Waals surface area contributed by atoms with Crippen LogP contribution in [0.25, 0.3) is 0 Å². The van der Waals surface area contributed by atoms with E-state index in [0.717, 1.165) is 43.6 Å². The zero-order valence-corrected chi connectivity index (χ0v) is 15.3. The predicted molar refractivity (Wildman–Crippen MR) is 103 cm³/mol. The van der Waals surface area contributed by atoms with Crippen LogP contribution in [-0.4, -0.2) is 29.1 Å². The van der Waals surface area contributed by atoms with Crippen LogP contribution in [0.3, 0.4) is 0 Å². The minimum atomic E-state index is 0.719. The second-order valence-electron chi connectivity index (χ2n) is 6.10. The fourth-order valence-corrected chi connectivity index (χ4v) is 2.77. The van der Waals surface area contributed by atoms with Crippen LogP contribution < -0.4 is 10.6 Å². The van der Waals surface area contributed by atoms with Gasteiger partial charge in [0, 0.05) is 45.5 Å². The second kappa shape index (κ2) is 8.89. The average Bonchev–Trinajstić information content (AvgIpc) is 3.31. The Balaban J connectivity index is 1.50. The lowest BCUT2D eigenvalue weighted by molar-refractivity contribution is 0.507. The molecule has 1 aromatic carbocycles. The van der Waals surface area contributed by atoms with Crippen LogP contribution in [0.15, 0.2) is 64.5 Å². The Bertz CT molecular complexity index is 836. The van der Waals surface area contributed by atoms with Crippen molar-refractivity contribution in [2.45, 2.75) is 26.4 Å². The van der Waals surface area contributed by atoms with E-state index in [1.54, 1.807) is 13.3 Å². The van der Waals surface area contributed by atoms with Crippen molar-refractivity contribution in [1.29, 1.82) is 0 Å². The smallest absolute Gasteiger partial charge is 0.191 e. The van der Waals surface area contributed by atoms with Gasteiger partial charge in [-0.2, -0.15) is 0 Å². The van der Waals surface area contributed by atoms with Crippen molar-refractivity contribution in [3.8, 4) is 0 Å². The van der Waals surface area contributed by atoms with Gasteiger partial charge in [-0.3, -0.25) is 4.99 Å². The second-order valence-corrected chi connectivity index (χ2v) is 6.10. The normalized spacial score (nSPS) is 11.5. The van der Waals surface area contributed by atoms with Crippen molar-refractivity contribution in [2.75, 3.05) is 13.6 Å². The molecule has 3 aromatic rings. The Kier molecular flexibility index (Phi) is 6.09. The molecule has 0 radical (unpaired) electrons. The first-order valence-electron chi connectivity index (χ1n) is 8.77. The number of guanidine groups is 1. The summed E-state index contributed by atoms with van der Waals surface area (Å²) in [4.78, 5) is 8.54. The predicted octanol–water partition coefficient (Wildman–Crippen LogP) is 2.74. The quantitative estimate of drug-likeness (QED) is 0.507. The summed E-state index contributed by atoms with van der Waals surface area (Å²) in [5.74, 6) is 2.78. The molecule has 0 unspecified atom stereocenters. The SMILES string of the molecule is CN=C(NCCc1ccco1)NCc1cccc(Cn2ccnc2C)c1. The van der Waals surface area contributed by atoms with Crippen molar-refractivity contribution < 1.29 is 4.42 Å². The average molecular weight is 351 g/mol. The van der Waals surface area contributed by atoms with E-state index in [9.17, 15) is 0 Å². The summed E-state index contributed by atoms with van der Waals surface area (Å²) in [7, 11) is 1.78. The molecule has 0 amide bonds. The van der Waals surface area contributed by atoms with Crippen LogP contribution in [0, 0.1) is 6.92 Å². The number of aryl methyl sites for hydroxylation is 1. The number of hydrogen-bond donors (Lipinski definition) is 2. The van der Waals surface area contributed by atoms with Gasteiger partial charge >= 0.3 is 0 Å². The maximum Gasteiger partial charge on any atom is 0.191 e. The van der Waals surface area contributed by atoms with Gasteiger partial charge in [-0.05, 0) is 30.2 Å². The number of nitrogens with zero attached hydrogens (tertiary/aromatic N) is 3. The third-order valence-electron chi connectivity index (χ3n) is 4.20. The summed E-state index contributed by atoms with van der Waals surface area (Å²) in [6, 6.07) is 12.4. The number of rotatable bonds is 7. The Morgan fingerprint density at radius 1 is 1.19 bits per heavy atom. The van der Waals surface area contributed by atoms with E-state index in [0.29, 0.717) is 0 Å². The first-order valence-corrected chi connectivity index (χ1v) is 8.77. The van der Waals surface area contributed by atoms with Crippen molar-refractivity contribution in [2.24, 2.45) is 4.99 Å². The minimum absolute atomic E-state index is 0.719. The van der Waals surface area contributed by atoms with Crippen LogP contribution in [0.1, 0.15) is 22.7 Å². The van der Waals surface area contributed by atoms with Crippen molar-refractivity contribution in [3.63, 3.8) is 0 Å². The molecule has 0 saturated carbocycles. The first kappa shape index (κ1) is 17.8. The standard InChI is InChI=1S/C20H25N5O/c1-16-22-10-11-25(16)15-18-6-3-5-17(13-18)14-24-20(21-2)23-9-8-19-7-4-12-26-19/h3-7,10-13H,8-9,14-15H2,1-2H3,(H2,21,23,24). The molecule has 0 aliphatic heterocycles. The van der Waals surface area contributed by atoms with Gasteiger partial charge in [0.05, 0.1) is 6.26 Å². The fourth-order valence-electron chi connectivity index (χ4n) is 2.77. The molecular formula is C20H25N5O. The number of aromatic nitrogens is 2. The number of aliphatic imine (C=N–C) groups is 1. The summed E-state index contributed by atoms with van der Waals surface area (Å²) < 4.78 is 7.48. The molecule has 6 nitrogen and oxygen atoms in total. The number of imidazole rings is 1. The molecule has 3 rings (SSSR count). The molecule has 0 bridgehead atoms. The Hall–Kier alpha value is -3.02. The lowest BCUT2D eigenvalue weighted by atomic mass is 10.1. The molecule has 0 spiro atoms. The van der Waals surface area contributed by atoms with Gasteiger partial charge in [0.1, 0.15) is 11.6 Å².